The van der Waals surface area contributed by atoms with Crippen molar-refractivity contribution in [2.45, 2.75) is 34.1 Å². The molecule has 1 saturated heterocycles. The summed E-state index contributed by atoms with van der Waals surface area (Å²) in [6.45, 7) is 11.9. The Balaban J connectivity index is 2.64. The minimum absolute atomic E-state index is 0.526. The Morgan fingerprint density at radius 2 is 2.09 bits per heavy atom. The molecular weight excluding hydrogens is 134 g/mol. The molecule has 11 heavy (non-hydrogen) atoms. The van der Waals surface area contributed by atoms with E-state index in [1.54, 1.807) is 0 Å². The summed E-state index contributed by atoms with van der Waals surface area (Å²) < 4.78 is 0. The maximum absolute atomic E-state index is 3.49. The molecule has 0 aliphatic carbocycles. The first kappa shape index (κ1) is 9.05. The van der Waals surface area contributed by atoms with Crippen molar-refractivity contribution in [2.75, 3.05) is 13.1 Å². The van der Waals surface area contributed by atoms with Gasteiger partial charge in [0.25, 0.3) is 0 Å². The van der Waals surface area contributed by atoms with Crippen LogP contribution in [0.25, 0.3) is 0 Å². The summed E-state index contributed by atoms with van der Waals surface area (Å²) in [4.78, 5) is 0. The van der Waals surface area contributed by atoms with Gasteiger partial charge in [-0.1, -0.05) is 27.7 Å². The molecule has 1 aliphatic heterocycles. The summed E-state index contributed by atoms with van der Waals surface area (Å²) in [6, 6.07) is 0. The van der Waals surface area contributed by atoms with Gasteiger partial charge in [0.2, 0.25) is 0 Å². The predicted molar refractivity (Wildman–Crippen MR) is 49.6 cm³/mol. The minimum atomic E-state index is 0.526. The molecular formula is C10H21N. The van der Waals surface area contributed by atoms with Crippen LogP contribution in [0.5, 0.6) is 0 Å². The monoisotopic (exact) mass is 155 g/mol. The van der Waals surface area contributed by atoms with Gasteiger partial charge >= 0.3 is 0 Å². The smallest absolute Gasteiger partial charge is 0.00102 e. The largest absolute Gasteiger partial charge is 0.316 e. The van der Waals surface area contributed by atoms with E-state index >= 15 is 0 Å². The van der Waals surface area contributed by atoms with Crippen LogP contribution in [0.15, 0.2) is 0 Å². The summed E-state index contributed by atoms with van der Waals surface area (Å²) in [5.41, 5.74) is 0.526. The Morgan fingerprint density at radius 1 is 1.45 bits per heavy atom. The van der Waals surface area contributed by atoms with Gasteiger partial charge in [-0.25, -0.2) is 0 Å². The zero-order chi connectivity index (χ0) is 8.48. The van der Waals surface area contributed by atoms with E-state index < -0.39 is 0 Å². The lowest BCUT2D eigenvalue weighted by Gasteiger charge is -2.43. The molecule has 1 heterocycles. The van der Waals surface area contributed by atoms with E-state index in [9.17, 15) is 0 Å². The quantitative estimate of drug-likeness (QED) is 0.612. The molecule has 0 amide bonds. The molecule has 1 rings (SSSR count). The van der Waals surface area contributed by atoms with Gasteiger partial charge in [-0.2, -0.15) is 0 Å². The minimum Gasteiger partial charge on any atom is -0.316 e. The van der Waals surface area contributed by atoms with Crippen LogP contribution in [0.2, 0.25) is 0 Å². The van der Waals surface area contributed by atoms with Crippen LogP contribution < -0.4 is 5.32 Å². The first-order valence-electron chi connectivity index (χ1n) is 4.78. The molecule has 0 aromatic carbocycles. The lowest BCUT2D eigenvalue weighted by molar-refractivity contribution is 0.0890. The van der Waals surface area contributed by atoms with Crippen LogP contribution in [0.4, 0.5) is 0 Å². The molecule has 1 aliphatic rings. The van der Waals surface area contributed by atoms with Crippen molar-refractivity contribution < 1.29 is 0 Å². The summed E-state index contributed by atoms with van der Waals surface area (Å²) in [6.07, 6.45) is 1.34. The van der Waals surface area contributed by atoms with E-state index in [4.69, 9.17) is 0 Å². The van der Waals surface area contributed by atoms with Crippen LogP contribution in [0.3, 0.4) is 0 Å². The first-order valence-corrected chi connectivity index (χ1v) is 4.78. The second kappa shape index (κ2) is 3.14. The van der Waals surface area contributed by atoms with Crippen LogP contribution >= 0.6 is 0 Å². The Morgan fingerprint density at radius 3 is 2.45 bits per heavy atom. The van der Waals surface area contributed by atoms with E-state index in [-0.39, 0.29) is 0 Å². The molecule has 1 nitrogen and oxygen atoms in total. The third-order valence-corrected chi connectivity index (χ3v) is 3.70. The molecule has 0 spiro atoms. The van der Waals surface area contributed by atoms with E-state index in [0.29, 0.717) is 5.41 Å². The SMILES string of the molecule is CC(C)C1(C)CNCCC1C. The fraction of sp³-hybridized carbons (Fsp3) is 1.00. The molecule has 0 radical (unpaired) electrons. The number of rotatable bonds is 1. The molecule has 0 aromatic heterocycles. The van der Waals surface area contributed by atoms with Crippen LogP contribution in [-0.2, 0) is 0 Å². The summed E-state index contributed by atoms with van der Waals surface area (Å²) in [5, 5.41) is 3.49. The maximum atomic E-state index is 3.49. The van der Waals surface area contributed by atoms with Gasteiger partial charge in [0.15, 0.2) is 0 Å². The third-order valence-electron chi connectivity index (χ3n) is 3.70. The number of hydrogen-bond acceptors (Lipinski definition) is 1. The lowest BCUT2D eigenvalue weighted by atomic mass is 9.67. The Bertz CT molecular complexity index is 131. The highest BCUT2D eigenvalue weighted by Gasteiger charge is 2.35. The summed E-state index contributed by atoms with van der Waals surface area (Å²) in [5.74, 6) is 1.68. The topological polar surface area (TPSA) is 12.0 Å². The third kappa shape index (κ3) is 1.58. The van der Waals surface area contributed by atoms with E-state index in [2.05, 4.69) is 33.0 Å². The average molecular weight is 155 g/mol. The predicted octanol–water partition coefficient (Wildman–Crippen LogP) is 2.28. The lowest BCUT2D eigenvalue weighted by Crippen LogP contribution is -2.46. The molecule has 1 fully saturated rings. The van der Waals surface area contributed by atoms with Crippen molar-refractivity contribution in [2.24, 2.45) is 17.3 Å². The Hall–Kier alpha value is -0.0400. The fourth-order valence-corrected chi connectivity index (χ4v) is 1.95. The van der Waals surface area contributed by atoms with E-state index in [0.717, 1.165) is 11.8 Å². The Labute approximate surface area is 70.6 Å². The summed E-state index contributed by atoms with van der Waals surface area (Å²) in [7, 11) is 0. The average Bonchev–Trinajstić information content (AvgIpc) is 1.95. The number of piperidine rings is 1. The van der Waals surface area contributed by atoms with Crippen molar-refractivity contribution in [3.63, 3.8) is 0 Å². The fourth-order valence-electron chi connectivity index (χ4n) is 1.95. The molecule has 0 aromatic rings. The first-order chi connectivity index (χ1) is 5.07. The van der Waals surface area contributed by atoms with Crippen molar-refractivity contribution in [1.82, 2.24) is 5.32 Å². The standard InChI is InChI=1S/C10H21N/c1-8(2)10(4)7-11-6-5-9(10)3/h8-9,11H,5-7H2,1-4H3. The van der Waals surface area contributed by atoms with Gasteiger partial charge in [-0.15, -0.1) is 0 Å². The van der Waals surface area contributed by atoms with Crippen LogP contribution in [0, 0.1) is 17.3 Å². The van der Waals surface area contributed by atoms with E-state index in [1.165, 1.54) is 19.5 Å². The highest BCUT2D eigenvalue weighted by Crippen LogP contribution is 2.38. The van der Waals surface area contributed by atoms with E-state index in [1.807, 2.05) is 0 Å². The summed E-state index contributed by atoms with van der Waals surface area (Å²) >= 11 is 0. The van der Waals surface area contributed by atoms with Gasteiger partial charge in [0, 0.05) is 6.54 Å². The van der Waals surface area contributed by atoms with Crippen molar-refractivity contribution in [1.29, 1.82) is 0 Å². The van der Waals surface area contributed by atoms with Crippen molar-refractivity contribution >= 4 is 0 Å². The molecule has 66 valence electrons. The van der Waals surface area contributed by atoms with Gasteiger partial charge in [0.05, 0.1) is 0 Å². The molecule has 0 saturated carbocycles. The molecule has 2 unspecified atom stereocenters. The normalized spacial score (nSPS) is 39.5. The Kier molecular flexibility index (Phi) is 2.58. The van der Waals surface area contributed by atoms with Crippen LogP contribution in [0.1, 0.15) is 34.1 Å². The zero-order valence-corrected chi connectivity index (χ0v) is 8.28. The number of hydrogen-bond donors (Lipinski definition) is 1. The van der Waals surface area contributed by atoms with Crippen molar-refractivity contribution in [3.8, 4) is 0 Å². The number of nitrogens with one attached hydrogen (secondary N) is 1. The molecule has 1 heteroatoms. The second-order valence-electron chi connectivity index (χ2n) is 4.53. The second-order valence-corrected chi connectivity index (χ2v) is 4.53. The van der Waals surface area contributed by atoms with Gasteiger partial charge in [-0.05, 0) is 30.2 Å². The van der Waals surface area contributed by atoms with Gasteiger partial charge < -0.3 is 5.32 Å². The molecule has 2 atom stereocenters. The van der Waals surface area contributed by atoms with Crippen LogP contribution in [-0.4, -0.2) is 13.1 Å². The highest BCUT2D eigenvalue weighted by atomic mass is 14.9. The van der Waals surface area contributed by atoms with Gasteiger partial charge in [-0.3, -0.25) is 0 Å². The molecule has 0 bridgehead atoms. The highest BCUT2D eigenvalue weighted by molar-refractivity contribution is 4.88. The molecule has 1 N–H and O–H groups in total. The maximum Gasteiger partial charge on any atom is 0.00102 e. The van der Waals surface area contributed by atoms with Gasteiger partial charge in [0.1, 0.15) is 0 Å². The zero-order valence-electron chi connectivity index (χ0n) is 8.28. The van der Waals surface area contributed by atoms with Crippen molar-refractivity contribution in [3.05, 3.63) is 0 Å².